The predicted octanol–water partition coefficient (Wildman–Crippen LogP) is 7.32. The number of nitrogens with zero attached hydrogens (tertiary/aromatic N) is 5. The third kappa shape index (κ3) is 3.92. The second kappa shape index (κ2) is 8.47. The summed E-state index contributed by atoms with van der Waals surface area (Å²) in [4.78, 5) is 14.8. The lowest BCUT2D eigenvalue weighted by atomic mass is 9.93. The van der Waals surface area contributed by atoms with E-state index < -0.39 is 0 Å². The van der Waals surface area contributed by atoms with Gasteiger partial charge in [0.25, 0.3) is 5.82 Å². The number of benzene rings is 3. The second-order valence-corrected chi connectivity index (χ2v) is 12.7. The fraction of sp³-hybridized carbons (Fsp3) is 0.333. The van der Waals surface area contributed by atoms with Gasteiger partial charge >= 0.3 is 0 Å². The van der Waals surface area contributed by atoms with Gasteiger partial charge in [-0.05, 0) is 30.7 Å². The fourth-order valence-electron chi connectivity index (χ4n) is 5.40. The highest BCUT2D eigenvalue weighted by Gasteiger charge is 2.29. The van der Waals surface area contributed by atoms with Crippen molar-refractivity contribution in [3.05, 3.63) is 71.8 Å². The van der Waals surface area contributed by atoms with Crippen molar-refractivity contribution in [3.63, 3.8) is 0 Å². The Bertz CT molecular complexity index is 1840. The Balaban J connectivity index is 1.67. The van der Waals surface area contributed by atoms with E-state index in [1.165, 1.54) is 11.0 Å². The quantitative estimate of drug-likeness (QED) is 0.225. The number of hydrogen-bond donors (Lipinski definition) is 0. The largest absolute Gasteiger partial charge is 0.454 e. The summed E-state index contributed by atoms with van der Waals surface area (Å²) in [6.45, 7) is 15.0. The van der Waals surface area contributed by atoms with Crippen molar-refractivity contribution in [3.8, 4) is 22.8 Å². The molecule has 198 valence electrons. The molecule has 0 saturated carbocycles. The van der Waals surface area contributed by atoms with Crippen LogP contribution in [0.25, 0.3) is 55.7 Å². The van der Waals surface area contributed by atoms with Crippen LogP contribution in [-0.2, 0) is 24.9 Å². The maximum absolute atomic E-state index is 6.83. The SMILES string of the molecule is Cc1ccc2c(oc3c(-c4nc(C(C)(C)C)nc(C(C)(C)C)n4)cccc32)c1-c1n(C)c2ccccc2[n+]1C. The summed E-state index contributed by atoms with van der Waals surface area (Å²) in [6.07, 6.45) is 0. The zero-order valence-corrected chi connectivity index (χ0v) is 24.3. The van der Waals surface area contributed by atoms with Crippen molar-refractivity contribution in [1.82, 2.24) is 19.5 Å². The van der Waals surface area contributed by atoms with Crippen molar-refractivity contribution in [2.24, 2.45) is 14.1 Å². The average molecular weight is 519 g/mol. The van der Waals surface area contributed by atoms with Crippen LogP contribution in [0.15, 0.2) is 59.0 Å². The van der Waals surface area contributed by atoms with Crippen molar-refractivity contribution in [1.29, 1.82) is 0 Å². The van der Waals surface area contributed by atoms with E-state index in [0.717, 1.165) is 56.1 Å². The fourth-order valence-corrected chi connectivity index (χ4v) is 5.40. The van der Waals surface area contributed by atoms with E-state index >= 15 is 0 Å². The smallest absolute Gasteiger partial charge is 0.293 e. The summed E-state index contributed by atoms with van der Waals surface area (Å²) in [5.74, 6) is 3.32. The predicted molar refractivity (Wildman–Crippen MR) is 158 cm³/mol. The third-order valence-electron chi connectivity index (χ3n) is 7.56. The normalized spacial score (nSPS) is 12.7. The molecule has 3 heterocycles. The lowest BCUT2D eigenvalue weighted by molar-refractivity contribution is -0.634. The molecule has 6 heteroatoms. The Kier molecular flexibility index (Phi) is 5.48. The summed E-state index contributed by atoms with van der Waals surface area (Å²) in [6, 6.07) is 19.1. The molecule has 0 fully saturated rings. The second-order valence-electron chi connectivity index (χ2n) is 12.7. The molecule has 0 N–H and O–H groups in total. The molecule has 0 spiro atoms. The van der Waals surface area contributed by atoms with Crippen molar-refractivity contribution in [2.45, 2.75) is 59.3 Å². The third-order valence-corrected chi connectivity index (χ3v) is 7.56. The minimum Gasteiger partial charge on any atom is -0.454 e. The number of para-hydroxylation sites is 3. The van der Waals surface area contributed by atoms with Gasteiger partial charge < -0.3 is 4.42 Å². The minimum atomic E-state index is -0.215. The number of furan rings is 1. The van der Waals surface area contributed by atoms with E-state index in [1.54, 1.807) is 0 Å². The molecule has 0 saturated heterocycles. The van der Waals surface area contributed by atoms with Gasteiger partial charge in [-0.3, -0.25) is 0 Å². The first kappa shape index (κ1) is 25.2. The molecule has 0 atom stereocenters. The van der Waals surface area contributed by atoms with Crippen LogP contribution in [0.1, 0.15) is 58.8 Å². The van der Waals surface area contributed by atoms with Crippen LogP contribution in [0.3, 0.4) is 0 Å². The molecule has 6 nitrogen and oxygen atoms in total. The molecular weight excluding hydrogens is 482 g/mol. The number of fused-ring (bicyclic) bond motifs is 4. The molecule has 6 rings (SSSR count). The Labute approximate surface area is 229 Å². The first-order valence-electron chi connectivity index (χ1n) is 13.5. The molecule has 0 amide bonds. The van der Waals surface area contributed by atoms with E-state index in [1.807, 2.05) is 0 Å². The number of imidazole rings is 1. The zero-order chi connectivity index (χ0) is 27.9. The molecule has 0 aliphatic carbocycles. The molecule has 0 aliphatic rings. The molecule has 39 heavy (non-hydrogen) atoms. The molecule has 3 aromatic carbocycles. The van der Waals surface area contributed by atoms with E-state index in [4.69, 9.17) is 19.4 Å². The minimum absolute atomic E-state index is 0.215. The molecule has 6 aromatic rings. The van der Waals surface area contributed by atoms with Crippen LogP contribution in [0.5, 0.6) is 0 Å². The van der Waals surface area contributed by atoms with Gasteiger partial charge in [-0.2, -0.15) is 0 Å². The highest BCUT2D eigenvalue weighted by Crippen LogP contribution is 2.41. The Morgan fingerprint density at radius 3 is 2.03 bits per heavy atom. The Morgan fingerprint density at radius 1 is 0.744 bits per heavy atom. The first-order valence-corrected chi connectivity index (χ1v) is 13.5. The van der Waals surface area contributed by atoms with Gasteiger partial charge in [0.15, 0.2) is 22.4 Å². The molecule has 0 unspecified atom stereocenters. The molecule has 3 aromatic heterocycles. The van der Waals surface area contributed by atoms with E-state index in [0.29, 0.717) is 5.82 Å². The maximum atomic E-state index is 6.83. The van der Waals surface area contributed by atoms with Crippen LogP contribution >= 0.6 is 0 Å². The van der Waals surface area contributed by atoms with Gasteiger partial charge in [-0.15, -0.1) is 0 Å². The summed E-state index contributed by atoms with van der Waals surface area (Å²) < 4.78 is 11.3. The van der Waals surface area contributed by atoms with Crippen molar-refractivity contribution >= 4 is 33.0 Å². The van der Waals surface area contributed by atoms with Crippen LogP contribution in [-0.4, -0.2) is 19.5 Å². The standard InChI is InChI=1S/C33H36N5O/c1-19-17-18-21-20-13-12-14-22(28-34-30(32(2,3)4)36-31(35-28)33(5,6)7)26(20)39-27(21)25(19)29-37(8)23-15-10-11-16-24(23)38(29)9/h10-18H,1-9H3/q+1. The molecular formula is C33H36N5O+. The monoisotopic (exact) mass is 518 g/mol. The molecule has 0 aliphatic heterocycles. The van der Waals surface area contributed by atoms with Gasteiger partial charge in [0, 0.05) is 21.6 Å². The summed E-state index contributed by atoms with van der Waals surface area (Å²) >= 11 is 0. The van der Waals surface area contributed by atoms with E-state index in [2.05, 4.69) is 126 Å². The van der Waals surface area contributed by atoms with Gasteiger partial charge in [0.2, 0.25) is 0 Å². The molecule has 0 radical (unpaired) electrons. The highest BCUT2D eigenvalue weighted by molar-refractivity contribution is 6.12. The number of hydrogen-bond acceptors (Lipinski definition) is 4. The van der Waals surface area contributed by atoms with Crippen molar-refractivity contribution < 1.29 is 8.98 Å². The Morgan fingerprint density at radius 2 is 1.38 bits per heavy atom. The lowest BCUT2D eigenvalue weighted by Crippen LogP contribution is -2.30. The van der Waals surface area contributed by atoms with Crippen LogP contribution in [0.2, 0.25) is 0 Å². The highest BCUT2D eigenvalue weighted by atomic mass is 16.3. The van der Waals surface area contributed by atoms with Crippen LogP contribution in [0.4, 0.5) is 0 Å². The number of rotatable bonds is 2. The number of aryl methyl sites for hydroxylation is 3. The molecule has 0 bridgehead atoms. The first-order chi connectivity index (χ1) is 18.4. The Hall–Kier alpha value is -4.06. The van der Waals surface area contributed by atoms with Crippen LogP contribution in [0, 0.1) is 6.92 Å². The van der Waals surface area contributed by atoms with Gasteiger partial charge in [0.05, 0.1) is 19.7 Å². The zero-order valence-electron chi connectivity index (χ0n) is 24.3. The van der Waals surface area contributed by atoms with E-state index in [9.17, 15) is 0 Å². The average Bonchev–Trinajstić information content (AvgIpc) is 3.38. The van der Waals surface area contributed by atoms with Gasteiger partial charge in [-0.1, -0.05) is 77.9 Å². The van der Waals surface area contributed by atoms with Gasteiger partial charge in [-0.25, -0.2) is 24.1 Å². The van der Waals surface area contributed by atoms with Crippen molar-refractivity contribution in [2.75, 3.05) is 0 Å². The summed E-state index contributed by atoms with van der Waals surface area (Å²) in [5.41, 5.74) is 6.74. The van der Waals surface area contributed by atoms with E-state index in [-0.39, 0.29) is 10.8 Å². The summed E-state index contributed by atoms with van der Waals surface area (Å²) in [7, 11) is 4.24. The lowest BCUT2D eigenvalue weighted by Gasteiger charge is -2.22. The number of aromatic nitrogens is 5. The topological polar surface area (TPSA) is 60.6 Å². The van der Waals surface area contributed by atoms with Crippen LogP contribution < -0.4 is 4.57 Å². The maximum Gasteiger partial charge on any atom is 0.293 e. The summed E-state index contributed by atoms with van der Waals surface area (Å²) in [5, 5.41) is 2.14. The van der Waals surface area contributed by atoms with Gasteiger partial charge in [0.1, 0.15) is 22.8 Å².